The van der Waals surface area contributed by atoms with Gasteiger partial charge in [0.05, 0.1) is 19.3 Å². The van der Waals surface area contributed by atoms with Crippen molar-refractivity contribution in [2.45, 2.75) is 44.1 Å². The first-order chi connectivity index (χ1) is 8.55. The van der Waals surface area contributed by atoms with Crippen molar-refractivity contribution in [2.24, 2.45) is 5.92 Å². The Morgan fingerprint density at radius 1 is 1.33 bits per heavy atom. The molecule has 0 spiro atoms. The average Bonchev–Trinajstić information content (AvgIpc) is 2.83. The van der Waals surface area contributed by atoms with Crippen molar-refractivity contribution >= 4 is 5.78 Å². The van der Waals surface area contributed by atoms with Gasteiger partial charge in [-0.05, 0) is 25.5 Å². The Kier molecular flexibility index (Phi) is 2.11. The minimum absolute atomic E-state index is 0.0487. The fraction of sp³-hybridized carbons (Fsp3) is 0.769. The van der Waals surface area contributed by atoms with Crippen molar-refractivity contribution in [1.82, 2.24) is 0 Å². The molecule has 4 rings (SSSR count). The number of carbonyl (C=O) groups excluding carboxylic acids is 1. The van der Waals surface area contributed by atoms with Crippen molar-refractivity contribution < 1.29 is 23.7 Å². The van der Waals surface area contributed by atoms with E-state index in [-0.39, 0.29) is 36.1 Å². The molecule has 0 aromatic carbocycles. The van der Waals surface area contributed by atoms with E-state index in [4.69, 9.17) is 18.9 Å². The molecule has 5 heteroatoms. The minimum Gasteiger partial charge on any atom is -0.370 e. The molecule has 5 nitrogen and oxygen atoms in total. The first-order valence-electron chi connectivity index (χ1n) is 6.38. The van der Waals surface area contributed by atoms with E-state index in [2.05, 4.69) is 0 Å². The lowest BCUT2D eigenvalue weighted by molar-refractivity contribution is -0.345. The van der Waals surface area contributed by atoms with Gasteiger partial charge in [0.25, 0.3) is 0 Å². The summed E-state index contributed by atoms with van der Waals surface area (Å²) in [6.07, 6.45) is 0.862. The number of hydrogen-bond donors (Lipinski definition) is 0. The third-order valence-corrected chi connectivity index (χ3v) is 4.19. The molecule has 3 aliphatic heterocycles. The molecule has 0 aromatic heterocycles. The normalized spacial score (nSPS) is 48.7. The molecule has 0 aromatic rings. The summed E-state index contributed by atoms with van der Waals surface area (Å²) in [6.45, 7) is 4.75. The fourth-order valence-electron chi connectivity index (χ4n) is 3.40. The number of fused-ring (bicyclic) bond motifs is 2. The van der Waals surface area contributed by atoms with E-state index in [1.54, 1.807) is 6.08 Å². The number of ketones is 1. The third kappa shape index (κ3) is 1.39. The largest absolute Gasteiger partial charge is 0.370 e. The Morgan fingerprint density at radius 3 is 3.00 bits per heavy atom. The van der Waals surface area contributed by atoms with E-state index >= 15 is 0 Å². The quantitative estimate of drug-likeness (QED) is 0.626. The first-order valence-corrected chi connectivity index (χ1v) is 6.38. The summed E-state index contributed by atoms with van der Waals surface area (Å²) < 4.78 is 23.2. The van der Waals surface area contributed by atoms with Gasteiger partial charge in [-0.1, -0.05) is 0 Å². The van der Waals surface area contributed by atoms with Gasteiger partial charge in [0, 0.05) is 5.92 Å². The molecule has 1 aliphatic carbocycles. The van der Waals surface area contributed by atoms with Crippen molar-refractivity contribution in [2.75, 3.05) is 13.2 Å². The number of carbonyl (C=O) groups is 1. The van der Waals surface area contributed by atoms with Gasteiger partial charge in [0.15, 0.2) is 11.6 Å². The Bertz CT molecular complexity index is 441. The highest BCUT2D eigenvalue weighted by Gasteiger charge is 2.58. The monoisotopic (exact) mass is 252 g/mol. The lowest BCUT2D eigenvalue weighted by atomic mass is 9.86. The zero-order chi connectivity index (χ0) is 12.5. The van der Waals surface area contributed by atoms with Crippen LogP contribution in [0.5, 0.6) is 0 Å². The van der Waals surface area contributed by atoms with Crippen LogP contribution in [0.1, 0.15) is 13.8 Å². The summed E-state index contributed by atoms with van der Waals surface area (Å²) in [7, 11) is 0. The van der Waals surface area contributed by atoms with Gasteiger partial charge < -0.3 is 18.9 Å². The lowest BCUT2D eigenvalue weighted by Crippen LogP contribution is -2.61. The molecule has 18 heavy (non-hydrogen) atoms. The maximum atomic E-state index is 11.9. The third-order valence-electron chi connectivity index (χ3n) is 4.19. The molecule has 0 radical (unpaired) electrons. The smallest absolute Gasteiger partial charge is 0.185 e. The van der Waals surface area contributed by atoms with E-state index in [0.29, 0.717) is 13.2 Å². The Balaban J connectivity index is 1.68. The number of hydrogen-bond acceptors (Lipinski definition) is 5. The van der Waals surface area contributed by atoms with Crippen LogP contribution in [-0.4, -0.2) is 49.2 Å². The van der Waals surface area contributed by atoms with Gasteiger partial charge in [0.2, 0.25) is 0 Å². The van der Waals surface area contributed by atoms with Crippen LogP contribution in [0.25, 0.3) is 0 Å². The Hall–Kier alpha value is -0.750. The molecule has 4 aliphatic rings. The second kappa shape index (κ2) is 3.42. The van der Waals surface area contributed by atoms with Crippen LogP contribution in [0.3, 0.4) is 0 Å². The summed E-state index contributed by atoms with van der Waals surface area (Å²) in [6, 6.07) is 0. The summed E-state index contributed by atoms with van der Waals surface area (Å²) >= 11 is 0. The standard InChI is InChI=1S/C13H16O5/c1-13(2)16-5-8-11(18-13)12-9-6(4-15-12)3-7(14)10(9)17-8/h3,8-12H,4-5H2,1-2H3/t8-,9-,10+,11-,12-/m1/s1. The SMILES string of the molecule is CC1(C)OC[C@H]2O[C@H]3C(=O)C=C4CO[C@@H]([C@@H]2O1)[C@H]43. The van der Waals surface area contributed by atoms with Crippen molar-refractivity contribution in [3.05, 3.63) is 11.6 Å². The molecule has 0 amide bonds. The van der Waals surface area contributed by atoms with Crippen LogP contribution in [0.15, 0.2) is 11.6 Å². The zero-order valence-electron chi connectivity index (χ0n) is 10.4. The van der Waals surface area contributed by atoms with Crippen LogP contribution in [0, 0.1) is 5.92 Å². The minimum atomic E-state index is -0.615. The molecule has 0 N–H and O–H groups in total. The summed E-state index contributed by atoms with van der Waals surface area (Å²) in [4.78, 5) is 11.9. The van der Waals surface area contributed by atoms with E-state index in [0.717, 1.165) is 5.57 Å². The van der Waals surface area contributed by atoms with E-state index in [1.807, 2.05) is 13.8 Å². The summed E-state index contributed by atoms with van der Waals surface area (Å²) in [5.74, 6) is -0.505. The molecule has 3 saturated heterocycles. The maximum Gasteiger partial charge on any atom is 0.185 e. The van der Waals surface area contributed by atoms with Crippen molar-refractivity contribution in [1.29, 1.82) is 0 Å². The van der Waals surface area contributed by atoms with Gasteiger partial charge in [0.1, 0.15) is 18.3 Å². The Labute approximate surface area is 105 Å². The topological polar surface area (TPSA) is 54.0 Å². The molecule has 3 fully saturated rings. The van der Waals surface area contributed by atoms with Gasteiger partial charge in [-0.25, -0.2) is 0 Å². The molecular weight excluding hydrogens is 236 g/mol. The molecule has 0 bridgehead atoms. The summed E-state index contributed by atoms with van der Waals surface area (Å²) in [5.41, 5.74) is 1.06. The van der Waals surface area contributed by atoms with E-state index in [9.17, 15) is 4.79 Å². The lowest BCUT2D eigenvalue weighted by Gasteiger charge is -2.48. The van der Waals surface area contributed by atoms with Gasteiger partial charge in [-0.15, -0.1) is 0 Å². The van der Waals surface area contributed by atoms with Crippen molar-refractivity contribution in [3.8, 4) is 0 Å². The molecule has 0 unspecified atom stereocenters. The second-order valence-electron chi connectivity index (χ2n) is 5.81. The molecule has 3 heterocycles. The Morgan fingerprint density at radius 2 is 2.17 bits per heavy atom. The fourth-order valence-corrected chi connectivity index (χ4v) is 3.40. The predicted molar refractivity (Wildman–Crippen MR) is 59.9 cm³/mol. The van der Waals surface area contributed by atoms with Gasteiger partial charge >= 0.3 is 0 Å². The van der Waals surface area contributed by atoms with Crippen molar-refractivity contribution in [3.63, 3.8) is 0 Å². The van der Waals surface area contributed by atoms with Crippen LogP contribution in [0.4, 0.5) is 0 Å². The zero-order valence-corrected chi connectivity index (χ0v) is 10.4. The van der Waals surface area contributed by atoms with Crippen LogP contribution < -0.4 is 0 Å². The van der Waals surface area contributed by atoms with E-state index < -0.39 is 5.79 Å². The second-order valence-corrected chi connectivity index (χ2v) is 5.81. The molecular formula is C13H16O5. The predicted octanol–water partition coefficient (Wildman–Crippen LogP) is 0.429. The number of rotatable bonds is 0. The highest BCUT2D eigenvalue weighted by atomic mass is 16.7. The first kappa shape index (κ1) is 11.1. The van der Waals surface area contributed by atoms with Gasteiger partial charge in [-0.2, -0.15) is 0 Å². The van der Waals surface area contributed by atoms with E-state index in [1.165, 1.54) is 0 Å². The van der Waals surface area contributed by atoms with Gasteiger partial charge in [-0.3, -0.25) is 4.79 Å². The average molecular weight is 252 g/mol. The molecule has 5 atom stereocenters. The van der Waals surface area contributed by atoms with Crippen LogP contribution in [0.2, 0.25) is 0 Å². The summed E-state index contributed by atoms with van der Waals surface area (Å²) in [5, 5.41) is 0. The van der Waals surface area contributed by atoms with Crippen LogP contribution in [-0.2, 0) is 23.7 Å². The highest BCUT2D eigenvalue weighted by Crippen LogP contribution is 2.45. The van der Waals surface area contributed by atoms with Crippen LogP contribution >= 0.6 is 0 Å². The molecule has 98 valence electrons. The maximum absolute atomic E-state index is 11.9. The highest BCUT2D eigenvalue weighted by molar-refractivity contribution is 5.98. The number of ether oxygens (including phenoxy) is 4. The molecule has 0 saturated carbocycles.